The van der Waals surface area contributed by atoms with Crippen LogP contribution in [0.4, 0.5) is 4.39 Å². The number of aryl methyl sites for hydroxylation is 1. The molecule has 1 aromatic carbocycles. The molecule has 1 aliphatic heterocycles. The molecule has 4 heteroatoms. The van der Waals surface area contributed by atoms with Crippen molar-refractivity contribution in [3.8, 4) is 0 Å². The number of carbonyl (C=O) groups excluding carboxylic acids is 1. The minimum Gasteiger partial charge on any atom is -0.391 e. The van der Waals surface area contributed by atoms with Crippen LogP contribution in [0.2, 0.25) is 0 Å². The smallest absolute Gasteiger partial charge is 0.222 e. The van der Waals surface area contributed by atoms with Gasteiger partial charge in [0, 0.05) is 19.5 Å². The molecule has 0 radical (unpaired) electrons. The number of aliphatic hydroxyl groups is 1. The minimum absolute atomic E-state index is 0.00277. The topological polar surface area (TPSA) is 40.5 Å². The molecule has 1 N–H and O–H groups in total. The molecule has 1 saturated heterocycles. The molecule has 1 amide bonds. The van der Waals surface area contributed by atoms with Gasteiger partial charge in [-0.25, -0.2) is 4.39 Å². The number of likely N-dealkylation sites (tertiary alicyclic amines) is 1. The van der Waals surface area contributed by atoms with Crippen molar-refractivity contribution in [2.45, 2.75) is 31.8 Å². The molecule has 98 valence electrons. The molecule has 2 rings (SSSR count). The van der Waals surface area contributed by atoms with Crippen LogP contribution < -0.4 is 0 Å². The molecule has 0 aromatic heterocycles. The van der Waals surface area contributed by atoms with E-state index < -0.39 is 6.10 Å². The number of amides is 1. The van der Waals surface area contributed by atoms with Crippen LogP contribution in [0, 0.1) is 5.82 Å². The summed E-state index contributed by atoms with van der Waals surface area (Å²) in [6, 6.07) is 6.52. The quantitative estimate of drug-likeness (QED) is 0.889. The molecule has 0 aliphatic carbocycles. The van der Waals surface area contributed by atoms with E-state index >= 15 is 0 Å². The SMILES string of the molecule is O=C(CCc1ccccc1F)N1CCCC(O)C1. The highest BCUT2D eigenvalue weighted by atomic mass is 19.1. The average Bonchev–Trinajstić information content (AvgIpc) is 2.37. The molecule has 1 unspecified atom stereocenters. The first-order chi connectivity index (χ1) is 8.66. The van der Waals surface area contributed by atoms with Gasteiger partial charge in [0.15, 0.2) is 0 Å². The molecule has 0 spiro atoms. The number of benzene rings is 1. The molecule has 1 aromatic rings. The van der Waals surface area contributed by atoms with Gasteiger partial charge in [-0.15, -0.1) is 0 Å². The highest BCUT2D eigenvalue weighted by Crippen LogP contribution is 2.13. The lowest BCUT2D eigenvalue weighted by Crippen LogP contribution is -2.42. The van der Waals surface area contributed by atoms with E-state index in [1.165, 1.54) is 6.07 Å². The van der Waals surface area contributed by atoms with Crippen LogP contribution >= 0.6 is 0 Å². The van der Waals surface area contributed by atoms with Crippen LogP contribution in [-0.2, 0) is 11.2 Å². The van der Waals surface area contributed by atoms with Gasteiger partial charge in [0.05, 0.1) is 6.10 Å². The first kappa shape index (κ1) is 13.0. The molecule has 0 bridgehead atoms. The molecule has 1 fully saturated rings. The van der Waals surface area contributed by atoms with E-state index in [0.717, 1.165) is 12.8 Å². The molecule has 1 heterocycles. The van der Waals surface area contributed by atoms with Gasteiger partial charge in [0.1, 0.15) is 5.82 Å². The zero-order chi connectivity index (χ0) is 13.0. The number of aliphatic hydroxyl groups excluding tert-OH is 1. The number of halogens is 1. The Morgan fingerprint density at radius 2 is 2.22 bits per heavy atom. The predicted molar refractivity (Wildman–Crippen MR) is 66.5 cm³/mol. The average molecular weight is 251 g/mol. The summed E-state index contributed by atoms with van der Waals surface area (Å²) in [6.45, 7) is 1.11. The zero-order valence-electron chi connectivity index (χ0n) is 10.3. The summed E-state index contributed by atoms with van der Waals surface area (Å²) in [5, 5.41) is 9.50. The zero-order valence-corrected chi connectivity index (χ0v) is 10.3. The number of hydrogen-bond acceptors (Lipinski definition) is 2. The van der Waals surface area contributed by atoms with Gasteiger partial charge >= 0.3 is 0 Å². The van der Waals surface area contributed by atoms with Gasteiger partial charge in [0.2, 0.25) is 5.91 Å². The number of carbonyl (C=O) groups is 1. The number of nitrogens with zero attached hydrogens (tertiary/aromatic N) is 1. The standard InChI is InChI=1S/C14H18FNO2/c15-13-6-2-1-4-11(13)7-8-14(18)16-9-3-5-12(17)10-16/h1-2,4,6,12,17H,3,5,7-10H2. The third-order valence-electron chi connectivity index (χ3n) is 3.32. The Morgan fingerprint density at radius 3 is 2.94 bits per heavy atom. The van der Waals surface area contributed by atoms with Crippen molar-refractivity contribution in [2.24, 2.45) is 0 Å². The Morgan fingerprint density at radius 1 is 1.44 bits per heavy atom. The summed E-state index contributed by atoms with van der Waals surface area (Å²) in [6.07, 6.45) is 1.91. The van der Waals surface area contributed by atoms with Gasteiger partial charge in [-0.2, -0.15) is 0 Å². The molecule has 1 atom stereocenters. The van der Waals surface area contributed by atoms with Gasteiger partial charge in [-0.1, -0.05) is 18.2 Å². The molecule has 18 heavy (non-hydrogen) atoms. The lowest BCUT2D eigenvalue weighted by atomic mass is 10.1. The molecular formula is C14H18FNO2. The van der Waals surface area contributed by atoms with Gasteiger partial charge in [-0.05, 0) is 30.9 Å². The lowest BCUT2D eigenvalue weighted by molar-refractivity contribution is -0.134. The maximum absolute atomic E-state index is 13.4. The number of hydrogen-bond donors (Lipinski definition) is 1. The monoisotopic (exact) mass is 251 g/mol. The summed E-state index contributed by atoms with van der Waals surface area (Å²) in [5.74, 6) is -0.263. The summed E-state index contributed by atoms with van der Waals surface area (Å²) < 4.78 is 13.4. The van der Waals surface area contributed by atoms with Gasteiger partial charge in [-0.3, -0.25) is 4.79 Å². The number of piperidine rings is 1. The van der Waals surface area contributed by atoms with Crippen LogP contribution in [0.25, 0.3) is 0 Å². The Kier molecular flexibility index (Phi) is 4.31. The minimum atomic E-state index is -0.406. The fourth-order valence-corrected chi connectivity index (χ4v) is 2.28. The highest BCUT2D eigenvalue weighted by Gasteiger charge is 2.21. The molecule has 0 saturated carbocycles. The highest BCUT2D eigenvalue weighted by molar-refractivity contribution is 5.76. The largest absolute Gasteiger partial charge is 0.391 e. The van der Waals surface area contributed by atoms with Crippen molar-refractivity contribution < 1.29 is 14.3 Å². The van der Waals surface area contributed by atoms with E-state index in [2.05, 4.69) is 0 Å². The van der Waals surface area contributed by atoms with E-state index in [0.29, 0.717) is 31.5 Å². The molecule has 1 aliphatic rings. The van der Waals surface area contributed by atoms with E-state index in [1.807, 2.05) is 0 Å². The van der Waals surface area contributed by atoms with E-state index in [4.69, 9.17) is 0 Å². The predicted octanol–water partition coefficient (Wildman–Crippen LogP) is 1.74. The maximum Gasteiger partial charge on any atom is 0.222 e. The Hall–Kier alpha value is -1.42. The van der Waals surface area contributed by atoms with Crippen LogP contribution in [-0.4, -0.2) is 35.1 Å². The van der Waals surface area contributed by atoms with E-state index in [9.17, 15) is 14.3 Å². The van der Waals surface area contributed by atoms with Crippen molar-refractivity contribution in [3.05, 3.63) is 35.6 Å². The summed E-state index contributed by atoms with van der Waals surface area (Å²) >= 11 is 0. The van der Waals surface area contributed by atoms with Gasteiger partial charge in [0.25, 0.3) is 0 Å². The fourth-order valence-electron chi connectivity index (χ4n) is 2.28. The third-order valence-corrected chi connectivity index (χ3v) is 3.32. The van der Waals surface area contributed by atoms with Crippen molar-refractivity contribution in [3.63, 3.8) is 0 Å². The second-order valence-corrected chi connectivity index (χ2v) is 4.73. The Labute approximate surface area is 106 Å². The third kappa shape index (κ3) is 3.29. The second kappa shape index (κ2) is 5.96. The summed E-state index contributed by atoms with van der Waals surface area (Å²) in [4.78, 5) is 13.6. The lowest BCUT2D eigenvalue weighted by Gasteiger charge is -2.30. The summed E-state index contributed by atoms with van der Waals surface area (Å²) in [7, 11) is 0. The fraction of sp³-hybridized carbons (Fsp3) is 0.500. The Balaban J connectivity index is 1.86. The number of rotatable bonds is 3. The van der Waals surface area contributed by atoms with Crippen LogP contribution in [0.15, 0.2) is 24.3 Å². The molecular weight excluding hydrogens is 233 g/mol. The number of β-amino-alcohol motifs (C(OH)–C–C–N with tert-alkyl or cyclic N) is 1. The van der Waals surface area contributed by atoms with Crippen LogP contribution in [0.5, 0.6) is 0 Å². The van der Waals surface area contributed by atoms with Crippen LogP contribution in [0.3, 0.4) is 0 Å². The summed E-state index contributed by atoms with van der Waals surface area (Å²) in [5.41, 5.74) is 0.573. The maximum atomic E-state index is 13.4. The van der Waals surface area contributed by atoms with E-state index in [-0.39, 0.29) is 11.7 Å². The van der Waals surface area contributed by atoms with E-state index in [1.54, 1.807) is 23.1 Å². The van der Waals surface area contributed by atoms with Crippen molar-refractivity contribution in [1.29, 1.82) is 0 Å². The normalized spacial score (nSPS) is 19.9. The van der Waals surface area contributed by atoms with Gasteiger partial charge < -0.3 is 10.0 Å². The van der Waals surface area contributed by atoms with Crippen molar-refractivity contribution in [1.82, 2.24) is 4.90 Å². The van der Waals surface area contributed by atoms with Crippen molar-refractivity contribution >= 4 is 5.91 Å². The van der Waals surface area contributed by atoms with Crippen molar-refractivity contribution in [2.75, 3.05) is 13.1 Å². The first-order valence-corrected chi connectivity index (χ1v) is 6.36. The second-order valence-electron chi connectivity index (χ2n) is 4.73. The van der Waals surface area contributed by atoms with Crippen LogP contribution in [0.1, 0.15) is 24.8 Å². The Bertz CT molecular complexity index is 422. The first-order valence-electron chi connectivity index (χ1n) is 6.36. The molecule has 3 nitrogen and oxygen atoms in total.